The predicted octanol–water partition coefficient (Wildman–Crippen LogP) is -1.54. The normalized spacial score (nSPS) is 38.0. The Bertz CT molecular complexity index is 336. The SMILES string of the molecule is OC[C@H]1O[C@H](Oc2ccco2)[C@H](O)[C@@H](O)[C@@H]1O. The average Bonchev–Trinajstić information content (AvgIpc) is 2.83. The average molecular weight is 246 g/mol. The Kier molecular flexibility index (Phi) is 3.65. The molecule has 96 valence electrons. The van der Waals surface area contributed by atoms with Gasteiger partial charge in [0.2, 0.25) is 6.29 Å². The molecule has 5 atom stereocenters. The molecule has 0 radical (unpaired) electrons. The maximum absolute atomic E-state index is 9.64. The van der Waals surface area contributed by atoms with E-state index in [9.17, 15) is 15.3 Å². The quantitative estimate of drug-likeness (QED) is 0.511. The number of rotatable bonds is 3. The van der Waals surface area contributed by atoms with Crippen LogP contribution in [0.1, 0.15) is 0 Å². The minimum absolute atomic E-state index is 0.106. The van der Waals surface area contributed by atoms with E-state index >= 15 is 0 Å². The lowest BCUT2D eigenvalue weighted by atomic mass is 9.99. The van der Waals surface area contributed by atoms with Gasteiger partial charge >= 0.3 is 0 Å². The fraction of sp³-hybridized carbons (Fsp3) is 0.600. The summed E-state index contributed by atoms with van der Waals surface area (Å²) in [6.07, 6.45) is -5.12. The van der Waals surface area contributed by atoms with Gasteiger partial charge in [-0.3, -0.25) is 0 Å². The van der Waals surface area contributed by atoms with E-state index in [2.05, 4.69) is 0 Å². The second kappa shape index (κ2) is 5.03. The Morgan fingerprint density at radius 2 is 1.94 bits per heavy atom. The minimum atomic E-state index is -1.46. The third-order valence-corrected chi connectivity index (χ3v) is 2.58. The van der Waals surface area contributed by atoms with Crippen molar-refractivity contribution in [3.63, 3.8) is 0 Å². The van der Waals surface area contributed by atoms with Crippen LogP contribution >= 0.6 is 0 Å². The molecule has 4 N–H and O–H groups in total. The van der Waals surface area contributed by atoms with Gasteiger partial charge in [-0.25, -0.2) is 0 Å². The summed E-state index contributed by atoms with van der Waals surface area (Å²) in [5, 5.41) is 37.6. The van der Waals surface area contributed by atoms with Crippen molar-refractivity contribution in [3.8, 4) is 5.95 Å². The van der Waals surface area contributed by atoms with Gasteiger partial charge in [0.05, 0.1) is 12.9 Å². The molecule has 1 aromatic rings. The van der Waals surface area contributed by atoms with Crippen LogP contribution in [-0.2, 0) is 4.74 Å². The molecule has 1 saturated heterocycles. The van der Waals surface area contributed by atoms with Crippen molar-refractivity contribution in [1.29, 1.82) is 0 Å². The first-order valence-electron chi connectivity index (χ1n) is 5.14. The zero-order chi connectivity index (χ0) is 12.4. The van der Waals surface area contributed by atoms with Gasteiger partial charge in [0, 0.05) is 6.07 Å². The van der Waals surface area contributed by atoms with Crippen LogP contribution in [-0.4, -0.2) is 57.7 Å². The molecule has 0 saturated carbocycles. The smallest absolute Gasteiger partial charge is 0.286 e. The third-order valence-electron chi connectivity index (χ3n) is 2.58. The molecule has 0 bridgehead atoms. The molecule has 17 heavy (non-hydrogen) atoms. The predicted molar refractivity (Wildman–Crippen MR) is 53.1 cm³/mol. The van der Waals surface area contributed by atoms with Gasteiger partial charge in [0.15, 0.2) is 0 Å². The van der Waals surface area contributed by atoms with Crippen LogP contribution in [0.3, 0.4) is 0 Å². The van der Waals surface area contributed by atoms with E-state index in [1.54, 1.807) is 6.07 Å². The summed E-state index contributed by atoms with van der Waals surface area (Å²) >= 11 is 0. The molecule has 2 rings (SSSR count). The topological polar surface area (TPSA) is 113 Å². The molecule has 0 aliphatic carbocycles. The van der Waals surface area contributed by atoms with Crippen molar-refractivity contribution in [2.24, 2.45) is 0 Å². The molecule has 1 fully saturated rings. The van der Waals surface area contributed by atoms with Crippen molar-refractivity contribution in [3.05, 3.63) is 18.4 Å². The summed E-state index contributed by atoms with van der Waals surface area (Å²) < 4.78 is 15.1. The summed E-state index contributed by atoms with van der Waals surface area (Å²) in [5.74, 6) is 0.106. The molecule has 1 aromatic heterocycles. The van der Waals surface area contributed by atoms with E-state index in [0.717, 1.165) is 0 Å². The lowest BCUT2D eigenvalue weighted by Crippen LogP contribution is -2.60. The second-order valence-electron chi connectivity index (χ2n) is 3.75. The molecule has 0 aromatic carbocycles. The number of aliphatic hydroxyl groups is 4. The summed E-state index contributed by atoms with van der Waals surface area (Å²) in [4.78, 5) is 0. The molecule has 2 heterocycles. The Balaban J connectivity index is 2.06. The summed E-state index contributed by atoms with van der Waals surface area (Å²) in [5.41, 5.74) is 0. The number of ether oxygens (including phenoxy) is 2. The molecule has 7 heteroatoms. The molecular formula is C10H14O7. The van der Waals surface area contributed by atoms with Crippen LogP contribution in [0, 0.1) is 0 Å². The zero-order valence-electron chi connectivity index (χ0n) is 8.84. The van der Waals surface area contributed by atoms with Gasteiger partial charge in [0.25, 0.3) is 5.95 Å². The van der Waals surface area contributed by atoms with Crippen LogP contribution in [0.15, 0.2) is 22.8 Å². The van der Waals surface area contributed by atoms with Crippen LogP contribution in [0.25, 0.3) is 0 Å². The van der Waals surface area contributed by atoms with Crippen LogP contribution in [0.2, 0.25) is 0 Å². The number of hydrogen-bond acceptors (Lipinski definition) is 7. The standard InChI is InChI=1S/C10H14O7/c11-4-5-7(12)8(13)9(14)10(16-5)17-6-2-1-3-15-6/h1-3,5,7-14H,4H2/t5-,7-,8+,9-,10-/m1/s1. The van der Waals surface area contributed by atoms with Crippen LogP contribution in [0.5, 0.6) is 5.95 Å². The van der Waals surface area contributed by atoms with Gasteiger partial charge in [-0.05, 0) is 6.07 Å². The first-order valence-corrected chi connectivity index (χ1v) is 5.14. The molecule has 0 unspecified atom stereocenters. The fourth-order valence-corrected chi connectivity index (χ4v) is 1.61. The number of hydrogen-bond donors (Lipinski definition) is 4. The Morgan fingerprint density at radius 1 is 1.18 bits per heavy atom. The van der Waals surface area contributed by atoms with E-state index in [-0.39, 0.29) is 5.95 Å². The Morgan fingerprint density at radius 3 is 2.53 bits per heavy atom. The van der Waals surface area contributed by atoms with Crippen molar-refractivity contribution < 1.29 is 34.3 Å². The first-order chi connectivity index (χ1) is 8.13. The molecular weight excluding hydrogens is 232 g/mol. The molecule has 0 spiro atoms. The highest BCUT2D eigenvalue weighted by molar-refractivity contribution is 5.05. The van der Waals surface area contributed by atoms with Crippen LogP contribution < -0.4 is 4.74 Å². The van der Waals surface area contributed by atoms with Gasteiger partial charge in [-0.1, -0.05) is 0 Å². The van der Waals surface area contributed by atoms with Crippen molar-refractivity contribution in [1.82, 2.24) is 0 Å². The van der Waals surface area contributed by atoms with Gasteiger partial charge in [-0.2, -0.15) is 0 Å². The molecule has 0 amide bonds. The summed E-state index contributed by atoms with van der Waals surface area (Å²) in [6.45, 7) is -0.497. The second-order valence-corrected chi connectivity index (χ2v) is 3.75. The van der Waals surface area contributed by atoms with E-state index in [4.69, 9.17) is 19.0 Å². The van der Waals surface area contributed by atoms with E-state index in [1.807, 2.05) is 0 Å². The number of furan rings is 1. The third kappa shape index (κ3) is 2.43. The monoisotopic (exact) mass is 246 g/mol. The van der Waals surface area contributed by atoms with E-state index < -0.39 is 37.3 Å². The Hall–Kier alpha value is -1.12. The molecule has 7 nitrogen and oxygen atoms in total. The summed E-state index contributed by atoms with van der Waals surface area (Å²) in [7, 11) is 0. The van der Waals surface area contributed by atoms with Crippen molar-refractivity contribution in [2.45, 2.75) is 30.7 Å². The highest BCUT2D eigenvalue weighted by atomic mass is 16.7. The van der Waals surface area contributed by atoms with Gasteiger partial charge < -0.3 is 34.3 Å². The fourth-order valence-electron chi connectivity index (χ4n) is 1.61. The van der Waals surface area contributed by atoms with E-state index in [0.29, 0.717) is 0 Å². The van der Waals surface area contributed by atoms with Gasteiger partial charge in [-0.15, -0.1) is 0 Å². The van der Waals surface area contributed by atoms with E-state index in [1.165, 1.54) is 12.3 Å². The highest BCUT2D eigenvalue weighted by Gasteiger charge is 2.44. The maximum atomic E-state index is 9.64. The van der Waals surface area contributed by atoms with Gasteiger partial charge in [0.1, 0.15) is 24.4 Å². The largest absolute Gasteiger partial charge is 0.434 e. The first kappa shape index (κ1) is 12.3. The highest BCUT2D eigenvalue weighted by Crippen LogP contribution is 2.24. The van der Waals surface area contributed by atoms with Crippen LogP contribution in [0.4, 0.5) is 0 Å². The lowest BCUT2D eigenvalue weighted by Gasteiger charge is -2.39. The molecule has 1 aliphatic rings. The number of aliphatic hydroxyl groups excluding tert-OH is 4. The Labute approximate surface area is 96.8 Å². The zero-order valence-corrected chi connectivity index (χ0v) is 8.84. The minimum Gasteiger partial charge on any atom is -0.434 e. The van der Waals surface area contributed by atoms with Crippen molar-refractivity contribution in [2.75, 3.05) is 6.61 Å². The van der Waals surface area contributed by atoms with Crippen molar-refractivity contribution >= 4 is 0 Å². The molecule has 1 aliphatic heterocycles. The lowest BCUT2D eigenvalue weighted by molar-refractivity contribution is -0.280. The maximum Gasteiger partial charge on any atom is 0.286 e. The summed E-state index contributed by atoms with van der Waals surface area (Å²) in [6, 6.07) is 3.08.